The van der Waals surface area contributed by atoms with E-state index < -0.39 is 5.41 Å². The summed E-state index contributed by atoms with van der Waals surface area (Å²) in [5.74, 6) is 1.18. The summed E-state index contributed by atoms with van der Waals surface area (Å²) in [5.41, 5.74) is 0.699. The van der Waals surface area contributed by atoms with Crippen LogP contribution in [0.1, 0.15) is 48.8 Å². The highest BCUT2D eigenvalue weighted by molar-refractivity contribution is 5.92. The molecule has 1 aliphatic heterocycles. The molecule has 0 bridgehead atoms. The number of benzene rings is 1. The molecule has 1 aromatic heterocycles. The predicted octanol–water partition coefficient (Wildman–Crippen LogP) is 3.36. The Balaban J connectivity index is 1.66. The molecule has 5 nitrogen and oxygen atoms in total. The molecule has 136 valence electrons. The molecule has 1 atom stereocenters. The first-order valence-corrected chi connectivity index (χ1v) is 9.14. The van der Waals surface area contributed by atoms with Gasteiger partial charge in [0.15, 0.2) is 0 Å². The minimum atomic E-state index is -0.693. The second kappa shape index (κ2) is 6.34. The molecule has 2 aliphatic rings. The smallest absolute Gasteiger partial charge is 0.233 e. The lowest BCUT2D eigenvalue weighted by molar-refractivity contribution is -0.135. The van der Waals surface area contributed by atoms with Crippen LogP contribution in [0.15, 0.2) is 30.3 Å². The number of amides is 1. The number of nitrogens with zero attached hydrogens (tertiary/aromatic N) is 3. The van der Waals surface area contributed by atoms with Crippen LogP contribution < -0.4 is 5.32 Å². The molecular formula is C20H23FN4O. The lowest BCUT2D eigenvalue weighted by Gasteiger charge is -2.29. The van der Waals surface area contributed by atoms with Crippen molar-refractivity contribution in [1.82, 2.24) is 14.9 Å². The van der Waals surface area contributed by atoms with Crippen molar-refractivity contribution in [3.05, 3.63) is 53.2 Å². The zero-order valence-electron chi connectivity index (χ0n) is 15.1. The third-order valence-electron chi connectivity index (χ3n) is 5.52. The fourth-order valence-corrected chi connectivity index (χ4v) is 4.05. The van der Waals surface area contributed by atoms with Crippen LogP contribution in [-0.4, -0.2) is 34.4 Å². The highest BCUT2D eigenvalue weighted by Gasteiger charge is 2.55. The van der Waals surface area contributed by atoms with Crippen molar-refractivity contribution in [2.45, 2.75) is 44.1 Å². The monoisotopic (exact) mass is 354 g/mol. The summed E-state index contributed by atoms with van der Waals surface area (Å²) in [6.45, 7) is 2.55. The standard InChI is InChI=1S/C20H23FN4O/c1-13-23-16(12-18(22-2)24-13)17-8-5-11-25(17)19(26)20(9-10-20)14-6-3-4-7-15(14)21/h3-4,6-7,12,17H,5,8-11H2,1-2H3,(H,22,23,24)/t17-/m0/s1. The minimum Gasteiger partial charge on any atom is -0.373 e. The molecule has 4 rings (SSSR count). The number of halogens is 1. The van der Waals surface area contributed by atoms with E-state index in [1.165, 1.54) is 6.07 Å². The molecule has 1 amide bonds. The number of hydrogen-bond acceptors (Lipinski definition) is 4. The van der Waals surface area contributed by atoms with Crippen molar-refractivity contribution >= 4 is 11.7 Å². The van der Waals surface area contributed by atoms with Gasteiger partial charge in [-0.05, 0) is 38.7 Å². The largest absolute Gasteiger partial charge is 0.373 e. The summed E-state index contributed by atoms with van der Waals surface area (Å²) >= 11 is 0. The van der Waals surface area contributed by atoms with Crippen molar-refractivity contribution in [2.75, 3.05) is 18.9 Å². The maximum Gasteiger partial charge on any atom is 0.233 e. The fourth-order valence-electron chi connectivity index (χ4n) is 4.05. The quantitative estimate of drug-likeness (QED) is 0.915. The van der Waals surface area contributed by atoms with Gasteiger partial charge in [-0.3, -0.25) is 4.79 Å². The van der Waals surface area contributed by atoms with Crippen LogP contribution >= 0.6 is 0 Å². The first-order chi connectivity index (χ1) is 12.5. The first-order valence-electron chi connectivity index (χ1n) is 9.14. The second-order valence-electron chi connectivity index (χ2n) is 7.19. The van der Waals surface area contributed by atoms with Gasteiger partial charge in [0.25, 0.3) is 0 Å². The van der Waals surface area contributed by atoms with Gasteiger partial charge < -0.3 is 10.2 Å². The van der Waals surface area contributed by atoms with Crippen molar-refractivity contribution < 1.29 is 9.18 Å². The summed E-state index contributed by atoms with van der Waals surface area (Å²) in [5, 5.41) is 3.05. The van der Waals surface area contributed by atoms with Crippen LogP contribution in [-0.2, 0) is 10.2 Å². The van der Waals surface area contributed by atoms with E-state index in [1.807, 2.05) is 24.9 Å². The molecule has 2 aromatic rings. The van der Waals surface area contributed by atoms with Crippen LogP contribution in [0.3, 0.4) is 0 Å². The molecule has 6 heteroatoms. The number of aromatic nitrogens is 2. The summed E-state index contributed by atoms with van der Waals surface area (Å²) < 4.78 is 14.3. The number of carbonyl (C=O) groups is 1. The molecule has 1 saturated heterocycles. The third kappa shape index (κ3) is 2.73. The molecule has 0 spiro atoms. The van der Waals surface area contributed by atoms with Crippen LogP contribution in [0.4, 0.5) is 10.2 Å². The number of likely N-dealkylation sites (tertiary alicyclic amines) is 1. The van der Waals surface area contributed by atoms with Crippen molar-refractivity contribution in [3.63, 3.8) is 0 Å². The fraction of sp³-hybridized carbons (Fsp3) is 0.450. The lowest BCUT2D eigenvalue weighted by atomic mass is 9.93. The second-order valence-corrected chi connectivity index (χ2v) is 7.19. The summed E-state index contributed by atoms with van der Waals surface area (Å²) in [6, 6.07) is 8.50. The zero-order valence-corrected chi connectivity index (χ0v) is 15.1. The molecule has 1 aromatic carbocycles. The summed E-state index contributed by atoms with van der Waals surface area (Å²) in [4.78, 5) is 24.2. The third-order valence-corrected chi connectivity index (χ3v) is 5.52. The number of carbonyl (C=O) groups excluding carboxylic acids is 1. The molecular weight excluding hydrogens is 331 g/mol. The Morgan fingerprint density at radius 1 is 1.31 bits per heavy atom. The maximum atomic E-state index is 14.3. The van der Waals surface area contributed by atoms with Gasteiger partial charge in [-0.25, -0.2) is 14.4 Å². The topological polar surface area (TPSA) is 58.1 Å². The molecule has 1 saturated carbocycles. The predicted molar refractivity (Wildman–Crippen MR) is 97.3 cm³/mol. The Kier molecular flexibility index (Phi) is 4.13. The van der Waals surface area contributed by atoms with Crippen LogP contribution in [0.25, 0.3) is 0 Å². The van der Waals surface area contributed by atoms with Gasteiger partial charge in [0.2, 0.25) is 5.91 Å². The number of aryl methyl sites for hydroxylation is 1. The Morgan fingerprint density at radius 2 is 2.08 bits per heavy atom. The molecule has 0 unspecified atom stereocenters. The van der Waals surface area contributed by atoms with Gasteiger partial charge in [0, 0.05) is 25.2 Å². The van der Waals surface area contributed by atoms with Gasteiger partial charge in [-0.1, -0.05) is 18.2 Å². The average molecular weight is 354 g/mol. The van der Waals surface area contributed by atoms with E-state index in [1.54, 1.807) is 18.2 Å². The summed E-state index contributed by atoms with van der Waals surface area (Å²) in [6.07, 6.45) is 3.22. The Morgan fingerprint density at radius 3 is 2.77 bits per heavy atom. The van der Waals surface area contributed by atoms with Crippen LogP contribution in [0.2, 0.25) is 0 Å². The Labute approximate surface area is 152 Å². The van der Waals surface area contributed by atoms with Crippen LogP contribution in [0.5, 0.6) is 0 Å². The van der Waals surface area contributed by atoms with Crippen molar-refractivity contribution in [1.29, 1.82) is 0 Å². The highest BCUT2D eigenvalue weighted by atomic mass is 19.1. The van der Waals surface area contributed by atoms with E-state index in [0.29, 0.717) is 30.8 Å². The minimum absolute atomic E-state index is 0.0346. The van der Waals surface area contributed by atoms with E-state index in [-0.39, 0.29) is 17.8 Å². The molecule has 1 N–H and O–H groups in total. The highest BCUT2D eigenvalue weighted by Crippen LogP contribution is 2.52. The maximum absolute atomic E-state index is 14.3. The van der Waals surface area contributed by atoms with E-state index in [4.69, 9.17) is 0 Å². The SMILES string of the molecule is CNc1cc([C@@H]2CCCN2C(=O)C2(c3ccccc3F)CC2)nc(C)n1. The number of nitrogens with one attached hydrogen (secondary N) is 1. The summed E-state index contributed by atoms with van der Waals surface area (Å²) in [7, 11) is 1.82. The average Bonchev–Trinajstić information content (AvgIpc) is 3.29. The first kappa shape index (κ1) is 16.9. The normalized spacial score (nSPS) is 20.9. The zero-order chi connectivity index (χ0) is 18.3. The lowest BCUT2D eigenvalue weighted by Crippen LogP contribution is -2.39. The number of rotatable bonds is 4. The molecule has 0 radical (unpaired) electrons. The number of anilines is 1. The molecule has 1 aliphatic carbocycles. The molecule has 2 fully saturated rings. The van der Waals surface area contributed by atoms with Gasteiger partial charge in [-0.2, -0.15) is 0 Å². The van der Waals surface area contributed by atoms with Gasteiger partial charge in [0.05, 0.1) is 17.2 Å². The van der Waals surface area contributed by atoms with Gasteiger partial charge in [-0.15, -0.1) is 0 Å². The Hall–Kier alpha value is -2.50. The van der Waals surface area contributed by atoms with Gasteiger partial charge in [0.1, 0.15) is 17.5 Å². The molecule has 26 heavy (non-hydrogen) atoms. The van der Waals surface area contributed by atoms with E-state index >= 15 is 0 Å². The van der Waals surface area contributed by atoms with Crippen LogP contribution in [0, 0.1) is 12.7 Å². The molecule has 2 heterocycles. The van der Waals surface area contributed by atoms with E-state index in [0.717, 1.165) is 24.4 Å². The van der Waals surface area contributed by atoms with Crippen molar-refractivity contribution in [3.8, 4) is 0 Å². The van der Waals surface area contributed by atoms with E-state index in [9.17, 15) is 9.18 Å². The van der Waals surface area contributed by atoms with Crippen molar-refractivity contribution in [2.24, 2.45) is 0 Å². The van der Waals surface area contributed by atoms with E-state index in [2.05, 4.69) is 15.3 Å². The Bertz CT molecular complexity index is 849. The number of hydrogen-bond donors (Lipinski definition) is 1. The van der Waals surface area contributed by atoms with Gasteiger partial charge >= 0.3 is 0 Å².